The summed E-state index contributed by atoms with van der Waals surface area (Å²) in [6.45, 7) is 0. The Hall–Kier alpha value is -2.19. The van der Waals surface area contributed by atoms with Gasteiger partial charge in [0.05, 0.1) is 11.6 Å². The molecule has 2 aromatic rings. The van der Waals surface area contributed by atoms with Crippen molar-refractivity contribution in [2.75, 3.05) is 0 Å². The van der Waals surface area contributed by atoms with E-state index in [4.69, 9.17) is 5.26 Å². The summed E-state index contributed by atoms with van der Waals surface area (Å²) in [5, 5.41) is 11.6. The fourth-order valence-electron chi connectivity index (χ4n) is 1.74. The van der Waals surface area contributed by atoms with Crippen LogP contribution in [-0.4, -0.2) is 5.91 Å². The molecule has 5 heteroatoms. The molecule has 0 spiro atoms. The lowest BCUT2D eigenvalue weighted by Crippen LogP contribution is -2.28. The molecular weight excluding hydrogens is 323 g/mol. The molecular formula is C15H10BrFN2O. The third-order valence-electron chi connectivity index (χ3n) is 2.74. The van der Waals surface area contributed by atoms with Gasteiger partial charge in [-0.3, -0.25) is 4.79 Å². The zero-order valence-corrected chi connectivity index (χ0v) is 11.9. The predicted molar refractivity (Wildman–Crippen MR) is 76.4 cm³/mol. The second-order valence-electron chi connectivity index (χ2n) is 4.04. The second-order valence-corrected chi connectivity index (χ2v) is 4.89. The summed E-state index contributed by atoms with van der Waals surface area (Å²) in [6, 6.07) is 13.6. The predicted octanol–water partition coefficient (Wildman–Crippen LogP) is 3.58. The van der Waals surface area contributed by atoms with Gasteiger partial charge in [0.15, 0.2) is 0 Å². The summed E-state index contributed by atoms with van der Waals surface area (Å²) in [6.07, 6.45) is 0. The summed E-state index contributed by atoms with van der Waals surface area (Å²) in [5.41, 5.74) is 0.541. The SMILES string of the molecule is N#C[C@@H](NC(=O)c1ccccc1Br)c1ccccc1F. The monoisotopic (exact) mass is 332 g/mol. The van der Waals surface area contributed by atoms with Crippen molar-refractivity contribution in [1.29, 1.82) is 5.26 Å². The van der Waals surface area contributed by atoms with Crippen LogP contribution in [0.4, 0.5) is 4.39 Å². The number of hydrogen-bond acceptors (Lipinski definition) is 2. The highest BCUT2D eigenvalue weighted by Gasteiger charge is 2.19. The molecule has 100 valence electrons. The van der Waals surface area contributed by atoms with E-state index in [1.165, 1.54) is 18.2 Å². The number of nitriles is 1. The molecule has 0 bridgehead atoms. The van der Waals surface area contributed by atoms with Crippen LogP contribution in [0, 0.1) is 17.1 Å². The second kappa shape index (κ2) is 6.31. The van der Waals surface area contributed by atoms with E-state index in [2.05, 4.69) is 21.2 Å². The van der Waals surface area contributed by atoms with E-state index < -0.39 is 17.8 Å². The van der Waals surface area contributed by atoms with E-state index >= 15 is 0 Å². The summed E-state index contributed by atoms with van der Waals surface area (Å²) in [5.74, 6) is -0.959. The average Bonchev–Trinajstić information content (AvgIpc) is 2.46. The van der Waals surface area contributed by atoms with Crippen LogP contribution in [0.15, 0.2) is 53.0 Å². The van der Waals surface area contributed by atoms with E-state index in [0.717, 1.165) is 0 Å². The minimum Gasteiger partial charge on any atom is -0.332 e. The quantitative estimate of drug-likeness (QED) is 0.933. The average molecular weight is 333 g/mol. The number of amides is 1. The zero-order chi connectivity index (χ0) is 14.5. The minimum absolute atomic E-state index is 0.149. The van der Waals surface area contributed by atoms with Gasteiger partial charge >= 0.3 is 0 Å². The molecule has 2 rings (SSSR count). The molecule has 1 atom stereocenters. The molecule has 0 aromatic heterocycles. The third kappa shape index (κ3) is 3.03. The van der Waals surface area contributed by atoms with Crippen LogP contribution in [0.1, 0.15) is 22.0 Å². The summed E-state index contributed by atoms with van der Waals surface area (Å²) >= 11 is 3.26. The van der Waals surface area contributed by atoms with Gasteiger partial charge in [-0.2, -0.15) is 5.26 Å². The lowest BCUT2D eigenvalue weighted by Gasteiger charge is -2.13. The Bertz CT molecular complexity index is 682. The van der Waals surface area contributed by atoms with Crippen LogP contribution in [0.3, 0.4) is 0 Å². The first-order valence-electron chi connectivity index (χ1n) is 5.83. The molecule has 0 fully saturated rings. The number of nitrogens with one attached hydrogen (secondary N) is 1. The van der Waals surface area contributed by atoms with Gasteiger partial charge in [-0.05, 0) is 34.1 Å². The van der Waals surface area contributed by atoms with Crippen molar-refractivity contribution in [3.05, 3.63) is 69.9 Å². The van der Waals surface area contributed by atoms with Crippen molar-refractivity contribution >= 4 is 21.8 Å². The first-order valence-corrected chi connectivity index (χ1v) is 6.62. The van der Waals surface area contributed by atoms with Crippen molar-refractivity contribution < 1.29 is 9.18 Å². The van der Waals surface area contributed by atoms with E-state index in [0.29, 0.717) is 10.0 Å². The van der Waals surface area contributed by atoms with Crippen LogP contribution in [0.5, 0.6) is 0 Å². The Balaban J connectivity index is 2.24. The number of carbonyl (C=O) groups excluding carboxylic acids is 1. The molecule has 0 saturated carbocycles. The summed E-state index contributed by atoms with van der Waals surface area (Å²) < 4.78 is 14.3. The zero-order valence-electron chi connectivity index (χ0n) is 10.3. The standard InChI is InChI=1S/C15H10BrFN2O/c16-12-7-3-1-5-10(12)15(20)19-14(9-18)11-6-2-4-8-13(11)17/h1-8,14H,(H,19,20)/t14-/m1/s1. The Morgan fingerprint density at radius 1 is 1.20 bits per heavy atom. The van der Waals surface area contributed by atoms with Gasteiger partial charge in [-0.25, -0.2) is 4.39 Å². The largest absolute Gasteiger partial charge is 0.332 e. The fraction of sp³-hybridized carbons (Fsp3) is 0.0667. The first kappa shape index (κ1) is 14.2. The lowest BCUT2D eigenvalue weighted by atomic mass is 10.1. The maximum Gasteiger partial charge on any atom is 0.253 e. The number of halogens is 2. The molecule has 0 unspecified atom stereocenters. The molecule has 0 radical (unpaired) electrons. The van der Waals surface area contributed by atoms with Gasteiger partial charge < -0.3 is 5.32 Å². The fourth-order valence-corrected chi connectivity index (χ4v) is 2.21. The Labute approximate surface area is 124 Å². The smallest absolute Gasteiger partial charge is 0.253 e. The Morgan fingerprint density at radius 3 is 2.50 bits per heavy atom. The Morgan fingerprint density at radius 2 is 1.85 bits per heavy atom. The molecule has 0 aliphatic heterocycles. The van der Waals surface area contributed by atoms with Crippen molar-refractivity contribution in [1.82, 2.24) is 5.32 Å². The van der Waals surface area contributed by atoms with E-state index in [1.807, 2.05) is 6.07 Å². The minimum atomic E-state index is -1.03. The maximum absolute atomic E-state index is 13.6. The molecule has 1 amide bonds. The van der Waals surface area contributed by atoms with Crippen LogP contribution in [-0.2, 0) is 0 Å². The molecule has 0 heterocycles. The van der Waals surface area contributed by atoms with Gasteiger partial charge in [-0.15, -0.1) is 0 Å². The number of rotatable bonds is 3. The molecule has 1 N–H and O–H groups in total. The number of nitrogens with zero attached hydrogens (tertiary/aromatic N) is 1. The molecule has 0 saturated heterocycles. The molecule has 3 nitrogen and oxygen atoms in total. The summed E-state index contributed by atoms with van der Waals surface area (Å²) in [7, 11) is 0. The first-order chi connectivity index (χ1) is 9.63. The molecule has 2 aromatic carbocycles. The van der Waals surface area contributed by atoms with Crippen LogP contribution < -0.4 is 5.32 Å². The van der Waals surface area contributed by atoms with Gasteiger partial charge in [0, 0.05) is 10.0 Å². The normalized spacial score (nSPS) is 11.4. The highest BCUT2D eigenvalue weighted by atomic mass is 79.9. The highest BCUT2D eigenvalue weighted by Crippen LogP contribution is 2.19. The van der Waals surface area contributed by atoms with Crippen molar-refractivity contribution in [3.8, 4) is 6.07 Å². The van der Waals surface area contributed by atoms with Crippen molar-refractivity contribution in [3.63, 3.8) is 0 Å². The number of hydrogen-bond donors (Lipinski definition) is 1. The van der Waals surface area contributed by atoms with Gasteiger partial charge in [0.25, 0.3) is 5.91 Å². The Kier molecular flexibility index (Phi) is 4.49. The van der Waals surface area contributed by atoms with Crippen molar-refractivity contribution in [2.45, 2.75) is 6.04 Å². The van der Waals surface area contributed by atoms with Crippen LogP contribution >= 0.6 is 15.9 Å². The van der Waals surface area contributed by atoms with E-state index in [1.54, 1.807) is 30.3 Å². The van der Waals surface area contributed by atoms with Crippen molar-refractivity contribution in [2.24, 2.45) is 0 Å². The number of benzene rings is 2. The van der Waals surface area contributed by atoms with Gasteiger partial charge in [0.1, 0.15) is 11.9 Å². The van der Waals surface area contributed by atoms with Gasteiger partial charge in [-0.1, -0.05) is 30.3 Å². The topological polar surface area (TPSA) is 52.9 Å². The highest BCUT2D eigenvalue weighted by molar-refractivity contribution is 9.10. The maximum atomic E-state index is 13.6. The third-order valence-corrected chi connectivity index (χ3v) is 3.43. The van der Waals surface area contributed by atoms with Gasteiger partial charge in [0.2, 0.25) is 0 Å². The molecule has 0 aliphatic carbocycles. The molecule has 20 heavy (non-hydrogen) atoms. The summed E-state index contributed by atoms with van der Waals surface area (Å²) in [4.78, 5) is 12.1. The lowest BCUT2D eigenvalue weighted by molar-refractivity contribution is 0.0944. The molecule has 0 aliphatic rings. The number of carbonyl (C=O) groups is 1. The van der Waals surface area contributed by atoms with E-state index in [-0.39, 0.29) is 5.56 Å². The van der Waals surface area contributed by atoms with Crippen LogP contribution in [0.2, 0.25) is 0 Å². The van der Waals surface area contributed by atoms with Crippen LogP contribution in [0.25, 0.3) is 0 Å². The van der Waals surface area contributed by atoms with E-state index in [9.17, 15) is 9.18 Å².